The number of hydrogen-bond acceptors (Lipinski definition) is 5. The SMILES string of the molecule is O=C1CC(c2ccccc2)=NN1c1ccc(-n2cccn2)nn1. The molecule has 7 nitrogen and oxygen atoms in total. The summed E-state index contributed by atoms with van der Waals surface area (Å²) in [6, 6.07) is 14.9. The standard InChI is InChI=1S/C16H12N6O/c23-16-11-13(12-5-2-1-3-6-12)20-22(16)15-8-7-14(18-19-15)21-10-4-9-17-21/h1-10H,11H2. The third-order valence-electron chi connectivity index (χ3n) is 3.48. The Hall–Kier alpha value is -3.35. The molecule has 3 heterocycles. The zero-order valence-corrected chi connectivity index (χ0v) is 12.1. The van der Waals surface area contributed by atoms with Crippen molar-refractivity contribution in [2.75, 3.05) is 5.01 Å². The van der Waals surface area contributed by atoms with Gasteiger partial charge in [-0.2, -0.15) is 15.2 Å². The Kier molecular flexibility index (Phi) is 3.16. The Balaban J connectivity index is 1.63. The number of aromatic nitrogens is 4. The van der Waals surface area contributed by atoms with Crippen LogP contribution in [-0.4, -0.2) is 31.6 Å². The van der Waals surface area contributed by atoms with Gasteiger partial charge in [0.05, 0.1) is 12.1 Å². The molecule has 1 aliphatic rings. The zero-order valence-electron chi connectivity index (χ0n) is 12.1. The summed E-state index contributed by atoms with van der Waals surface area (Å²) in [6.45, 7) is 0. The van der Waals surface area contributed by atoms with Gasteiger partial charge in [0, 0.05) is 12.4 Å². The largest absolute Gasteiger partial charge is 0.272 e. The molecule has 0 spiro atoms. The second kappa shape index (κ2) is 5.45. The lowest BCUT2D eigenvalue weighted by Gasteiger charge is -2.09. The molecule has 0 atom stereocenters. The molecule has 0 fully saturated rings. The minimum Gasteiger partial charge on any atom is -0.272 e. The number of benzene rings is 1. The molecule has 0 aliphatic carbocycles. The van der Waals surface area contributed by atoms with Crippen LogP contribution in [0.1, 0.15) is 12.0 Å². The smallest absolute Gasteiger partial charge is 0.255 e. The van der Waals surface area contributed by atoms with E-state index in [-0.39, 0.29) is 12.3 Å². The van der Waals surface area contributed by atoms with Gasteiger partial charge in [0.2, 0.25) is 0 Å². The van der Waals surface area contributed by atoms with E-state index in [2.05, 4.69) is 20.4 Å². The first-order valence-electron chi connectivity index (χ1n) is 7.11. The van der Waals surface area contributed by atoms with Crippen molar-refractivity contribution < 1.29 is 4.79 Å². The molecule has 0 radical (unpaired) electrons. The Morgan fingerprint density at radius 1 is 0.913 bits per heavy atom. The maximum atomic E-state index is 12.2. The molecule has 7 heteroatoms. The monoisotopic (exact) mass is 304 g/mol. The molecule has 1 aromatic carbocycles. The molecular formula is C16H12N6O. The number of carbonyl (C=O) groups excluding carboxylic acids is 1. The van der Waals surface area contributed by atoms with Crippen LogP contribution in [0, 0.1) is 0 Å². The van der Waals surface area contributed by atoms with Crippen LogP contribution in [0.25, 0.3) is 5.82 Å². The molecule has 23 heavy (non-hydrogen) atoms. The first-order valence-corrected chi connectivity index (χ1v) is 7.11. The lowest BCUT2D eigenvalue weighted by molar-refractivity contribution is -0.116. The summed E-state index contributed by atoms with van der Waals surface area (Å²) in [5.74, 6) is 0.861. The van der Waals surface area contributed by atoms with Crippen LogP contribution in [0.4, 0.5) is 5.82 Å². The lowest BCUT2D eigenvalue weighted by atomic mass is 10.1. The first-order chi connectivity index (χ1) is 11.3. The minimum atomic E-state index is -0.120. The quantitative estimate of drug-likeness (QED) is 0.739. The highest BCUT2D eigenvalue weighted by molar-refractivity contribution is 6.18. The van der Waals surface area contributed by atoms with E-state index in [9.17, 15) is 4.79 Å². The van der Waals surface area contributed by atoms with Crippen LogP contribution in [0.3, 0.4) is 0 Å². The van der Waals surface area contributed by atoms with Gasteiger partial charge >= 0.3 is 0 Å². The van der Waals surface area contributed by atoms with E-state index < -0.39 is 0 Å². The number of amides is 1. The van der Waals surface area contributed by atoms with Gasteiger partial charge in [0.25, 0.3) is 5.91 Å². The van der Waals surface area contributed by atoms with Gasteiger partial charge < -0.3 is 0 Å². The highest BCUT2D eigenvalue weighted by atomic mass is 16.2. The van der Waals surface area contributed by atoms with Gasteiger partial charge in [-0.25, -0.2) is 4.68 Å². The zero-order chi connectivity index (χ0) is 15.6. The fraction of sp³-hybridized carbons (Fsp3) is 0.0625. The van der Waals surface area contributed by atoms with Crippen LogP contribution in [-0.2, 0) is 4.79 Å². The molecule has 0 N–H and O–H groups in total. The molecule has 1 amide bonds. The Bertz CT molecular complexity index is 855. The van der Waals surface area contributed by atoms with Crippen molar-refractivity contribution in [3.63, 3.8) is 0 Å². The highest BCUT2D eigenvalue weighted by Gasteiger charge is 2.27. The van der Waals surface area contributed by atoms with Gasteiger partial charge in [-0.15, -0.1) is 10.2 Å². The number of anilines is 1. The van der Waals surface area contributed by atoms with E-state index in [4.69, 9.17) is 0 Å². The average molecular weight is 304 g/mol. The van der Waals surface area contributed by atoms with Crippen molar-refractivity contribution >= 4 is 17.4 Å². The summed E-state index contributed by atoms with van der Waals surface area (Å²) in [4.78, 5) is 12.2. The third-order valence-corrected chi connectivity index (χ3v) is 3.48. The summed E-state index contributed by atoms with van der Waals surface area (Å²) in [7, 11) is 0. The van der Waals surface area contributed by atoms with Crippen molar-refractivity contribution in [3.8, 4) is 5.82 Å². The van der Waals surface area contributed by atoms with E-state index in [0.717, 1.165) is 11.3 Å². The Morgan fingerprint density at radius 3 is 2.39 bits per heavy atom. The van der Waals surface area contributed by atoms with E-state index >= 15 is 0 Å². The molecule has 2 aromatic heterocycles. The minimum absolute atomic E-state index is 0.120. The van der Waals surface area contributed by atoms with E-state index in [1.54, 1.807) is 35.3 Å². The molecule has 0 unspecified atom stereocenters. The van der Waals surface area contributed by atoms with Crippen molar-refractivity contribution in [2.45, 2.75) is 6.42 Å². The molecule has 112 valence electrons. The lowest BCUT2D eigenvalue weighted by Crippen LogP contribution is -2.21. The normalized spacial score (nSPS) is 14.2. The molecular weight excluding hydrogens is 292 g/mol. The maximum Gasteiger partial charge on any atom is 0.255 e. The predicted molar refractivity (Wildman–Crippen MR) is 84.2 cm³/mol. The van der Waals surface area contributed by atoms with Gasteiger partial charge in [-0.3, -0.25) is 4.79 Å². The molecule has 0 bridgehead atoms. The summed E-state index contributed by atoms with van der Waals surface area (Å²) in [5.41, 5.74) is 1.66. The number of nitrogens with zero attached hydrogens (tertiary/aromatic N) is 6. The number of hydrogen-bond donors (Lipinski definition) is 0. The summed E-state index contributed by atoms with van der Waals surface area (Å²) in [5, 5.41) is 17.9. The summed E-state index contributed by atoms with van der Waals surface area (Å²) >= 11 is 0. The fourth-order valence-electron chi connectivity index (χ4n) is 2.36. The van der Waals surface area contributed by atoms with Crippen molar-refractivity contribution in [1.29, 1.82) is 0 Å². The van der Waals surface area contributed by atoms with E-state index in [1.807, 2.05) is 30.3 Å². The number of rotatable bonds is 3. The highest BCUT2D eigenvalue weighted by Crippen LogP contribution is 2.20. The topological polar surface area (TPSA) is 76.3 Å². The van der Waals surface area contributed by atoms with Crippen LogP contribution in [0.2, 0.25) is 0 Å². The van der Waals surface area contributed by atoms with Crippen molar-refractivity contribution in [1.82, 2.24) is 20.0 Å². The fourth-order valence-corrected chi connectivity index (χ4v) is 2.36. The van der Waals surface area contributed by atoms with E-state index in [0.29, 0.717) is 11.6 Å². The average Bonchev–Trinajstić information content (AvgIpc) is 3.26. The van der Waals surface area contributed by atoms with E-state index in [1.165, 1.54) is 5.01 Å². The summed E-state index contributed by atoms with van der Waals surface area (Å²) in [6.07, 6.45) is 3.69. The number of carbonyl (C=O) groups is 1. The second-order valence-electron chi connectivity index (χ2n) is 5.00. The molecule has 1 aliphatic heterocycles. The Morgan fingerprint density at radius 2 is 1.70 bits per heavy atom. The van der Waals surface area contributed by atoms with Gasteiger partial charge in [0.15, 0.2) is 11.6 Å². The van der Waals surface area contributed by atoms with Crippen molar-refractivity contribution in [3.05, 3.63) is 66.5 Å². The van der Waals surface area contributed by atoms with Gasteiger partial charge in [-0.05, 0) is 23.8 Å². The van der Waals surface area contributed by atoms with Crippen LogP contribution in [0.15, 0.2) is 66.0 Å². The van der Waals surface area contributed by atoms with Crippen LogP contribution >= 0.6 is 0 Å². The van der Waals surface area contributed by atoms with Gasteiger partial charge in [-0.1, -0.05) is 30.3 Å². The van der Waals surface area contributed by atoms with Crippen LogP contribution < -0.4 is 5.01 Å². The number of hydrazone groups is 1. The first kappa shape index (κ1) is 13.3. The van der Waals surface area contributed by atoms with Crippen molar-refractivity contribution in [2.24, 2.45) is 5.10 Å². The molecule has 4 rings (SSSR count). The predicted octanol–water partition coefficient (Wildman–Crippen LogP) is 1.80. The molecule has 0 saturated carbocycles. The second-order valence-corrected chi connectivity index (χ2v) is 5.00. The third kappa shape index (κ3) is 2.48. The maximum absolute atomic E-state index is 12.2. The van der Waals surface area contributed by atoms with Crippen LogP contribution in [0.5, 0.6) is 0 Å². The molecule has 0 saturated heterocycles. The summed E-state index contributed by atoms with van der Waals surface area (Å²) < 4.78 is 1.60. The molecule has 3 aromatic rings. The van der Waals surface area contributed by atoms with Gasteiger partial charge in [0.1, 0.15) is 0 Å². The Labute approximate surface area is 131 Å².